The minimum absolute atomic E-state index is 0.0299. The molecule has 2 bridgehead atoms. The molecule has 2 aliphatic carbocycles. The van der Waals surface area contributed by atoms with Crippen LogP contribution < -0.4 is 0 Å². The van der Waals surface area contributed by atoms with Gasteiger partial charge in [-0.1, -0.05) is 0 Å². The van der Waals surface area contributed by atoms with E-state index < -0.39 is 12.2 Å². The molecule has 11 heavy (non-hydrogen) atoms. The second-order valence-electron chi connectivity index (χ2n) is 3.58. The van der Waals surface area contributed by atoms with E-state index in [1.807, 2.05) is 0 Å². The van der Waals surface area contributed by atoms with Gasteiger partial charge in [0.05, 0.1) is 12.2 Å². The topological polar surface area (TPSA) is 57.5 Å². The van der Waals surface area contributed by atoms with Gasteiger partial charge in [-0.15, -0.1) is 0 Å². The second-order valence-corrected chi connectivity index (χ2v) is 3.58. The summed E-state index contributed by atoms with van der Waals surface area (Å²) in [7, 11) is 0. The molecule has 2 rings (SSSR count). The summed E-state index contributed by atoms with van der Waals surface area (Å²) < 4.78 is 0. The maximum Gasteiger partial charge on any atom is 0.141 e. The largest absolute Gasteiger partial charge is 0.392 e. The molecule has 0 aromatic heterocycles. The molecule has 2 aliphatic rings. The predicted molar refractivity (Wildman–Crippen MR) is 37.9 cm³/mol. The van der Waals surface area contributed by atoms with Gasteiger partial charge in [-0.3, -0.25) is 4.79 Å². The highest BCUT2D eigenvalue weighted by atomic mass is 16.3. The first kappa shape index (κ1) is 7.25. The highest BCUT2D eigenvalue weighted by Gasteiger charge is 2.47. The van der Waals surface area contributed by atoms with Crippen molar-refractivity contribution >= 4 is 5.78 Å². The number of aliphatic hydroxyl groups excluding tert-OH is 2. The lowest BCUT2D eigenvalue weighted by molar-refractivity contribution is -0.134. The summed E-state index contributed by atoms with van der Waals surface area (Å²) >= 11 is 0. The molecule has 2 saturated carbocycles. The van der Waals surface area contributed by atoms with Crippen LogP contribution in [0.4, 0.5) is 0 Å². The monoisotopic (exact) mass is 156 g/mol. The van der Waals surface area contributed by atoms with Crippen LogP contribution in [0.1, 0.15) is 19.3 Å². The Morgan fingerprint density at radius 1 is 1.27 bits per heavy atom. The van der Waals surface area contributed by atoms with Crippen LogP contribution in [-0.2, 0) is 4.79 Å². The molecule has 2 N–H and O–H groups in total. The number of aliphatic hydroxyl groups is 2. The molecular weight excluding hydrogens is 144 g/mol. The molecule has 0 amide bonds. The summed E-state index contributed by atoms with van der Waals surface area (Å²) in [6.45, 7) is 0. The molecule has 0 radical (unpaired) electrons. The summed E-state index contributed by atoms with van der Waals surface area (Å²) in [6.07, 6.45) is 0.676. The minimum Gasteiger partial charge on any atom is -0.392 e. The van der Waals surface area contributed by atoms with Crippen LogP contribution in [0.25, 0.3) is 0 Å². The Balaban J connectivity index is 2.24. The molecular formula is C8H12O3. The molecule has 0 aromatic carbocycles. The van der Waals surface area contributed by atoms with Crippen LogP contribution >= 0.6 is 0 Å². The van der Waals surface area contributed by atoms with Gasteiger partial charge in [0, 0.05) is 18.3 Å². The summed E-state index contributed by atoms with van der Waals surface area (Å²) in [4.78, 5) is 11.2. The smallest absolute Gasteiger partial charge is 0.141 e. The van der Waals surface area contributed by atoms with Crippen molar-refractivity contribution in [2.75, 3.05) is 0 Å². The fraction of sp³-hybridized carbons (Fsp3) is 0.875. The lowest BCUT2D eigenvalue weighted by atomic mass is 9.83. The lowest BCUT2D eigenvalue weighted by Crippen LogP contribution is -2.41. The van der Waals surface area contributed by atoms with Gasteiger partial charge in [0.2, 0.25) is 0 Å². The van der Waals surface area contributed by atoms with Crippen molar-refractivity contribution in [1.82, 2.24) is 0 Å². The van der Waals surface area contributed by atoms with Gasteiger partial charge in [-0.25, -0.2) is 0 Å². The van der Waals surface area contributed by atoms with Crippen LogP contribution in [0.2, 0.25) is 0 Å². The van der Waals surface area contributed by atoms with Gasteiger partial charge in [0.25, 0.3) is 0 Å². The maximum atomic E-state index is 11.2. The zero-order valence-electron chi connectivity index (χ0n) is 6.23. The molecule has 3 heteroatoms. The molecule has 0 aliphatic heterocycles. The van der Waals surface area contributed by atoms with E-state index in [9.17, 15) is 15.0 Å². The van der Waals surface area contributed by atoms with E-state index in [0.29, 0.717) is 0 Å². The molecule has 0 spiro atoms. The fourth-order valence-electron chi connectivity index (χ4n) is 2.29. The molecule has 4 unspecified atom stereocenters. The maximum absolute atomic E-state index is 11.2. The van der Waals surface area contributed by atoms with Gasteiger partial charge in [0.1, 0.15) is 5.78 Å². The van der Waals surface area contributed by atoms with Crippen LogP contribution in [0.15, 0.2) is 0 Å². The number of Topliss-reactive ketones (excluding diaryl/α,β-unsaturated/α-hetero) is 1. The van der Waals surface area contributed by atoms with E-state index in [-0.39, 0.29) is 24.0 Å². The molecule has 0 saturated heterocycles. The van der Waals surface area contributed by atoms with Gasteiger partial charge in [0.15, 0.2) is 0 Å². The zero-order chi connectivity index (χ0) is 8.01. The molecule has 4 atom stereocenters. The van der Waals surface area contributed by atoms with E-state index in [2.05, 4.69) is 0 Å². The first-order valence-corrected chi connectivity index (χ1v) is 4.09. The van der Waals surface area contributed by atoms with Crippen LogP contribution in [-0.4, -0.2) is 28.2 Å². The quantitative estimate of drug-likeness (QED) is 0.506. The average Bonchev–Trinajstić information content (AvgIpc) is 2.22. The third kappa shape index (κ3) is 0.914. The van der Waals surface area contributed by atoms with E-state index in [4.69, 9.17) is 0 Å². The van der Waals surface area contributed by atoms with Crippen molar-refractivity contribution in [2.45, 2.75) is 31.5 Å². The van der Waals surface area contributed by atoms with Crippen LogP contribution in [0, 0.1) is 11.8 Å². The summed E-state index contributed by atoms with van der Waals surface area (Å²) in [6, 6.07) is 0. The fourth-order valence-corrected chi connectivity index (χ4v) is 2.29. The van der Waals surface area contributed by atoms with Crippen LogP contribution in [0.3, 0.4) is 0 Å². The third-order valence-electron chi connectivity index (χ3n) is 2.98. The minimum atomic E-state index is -0.587. The average molecular weight is 156 g/mol. The number of rotatable bonds is 0. The van der Waals surface area contributed by atoms with Crippen molar-refractivity contribution in [3.8, 4) is 0 Å². The molecule has 0 aromatic rings. The molecule has 2 fully saturated rings. The number of carbonyl (C=O) groups excluding carboxylic acids is 1. The van der Waals surface area contributed by atoms with E-state index in [1.54, 1.807) is 0 Å². The van der Waals surface area contributed by atoms with Crippen LogP contribution in [0.5, 0.6) is 0 Å². The van der Waals surface area contributed by atoms with Gasteiger partial charge in [-0.05, 0) is 12.8 Å². The standard InChI is InChI=1S/C8H12O3/c9-6-3-7(10)5-2-1-4(6)8(5)11/h4-6,8-9,11H,1-3H2. The van der Waals surface area contributed by atoms with Gasteiger partial charge >= 0.3 is 0 Å². The Bertz CT molecular complexity index is 190. The van der Waals surface area contributed by atoms with Crippen molar-refractivity contribution in [2.24, 2.45) is 11.8 Å². The Morgan fingerprint density at radius 3 is 2.73 bits per heavy atom. The Morgan fingerprint density at radius 2 is 2.00 bits per heavy atom. The highest BCUT2D eigenvalue weighted by Crippen LogP contribution is 2.40. The van der Waals surface area contributed by atoms with Crippen molar-refractivity contribution in [3.63, 3.8) is 0 Å². The highest BCUT2D eigenvalue weighted by molar-refractivity contribution is 5.83. The zero-order valence-corrected chi connectivity index (χ0v) is 6.23. The van der Waals surface area contributed by atoms with Gasteiger partial charge in [-0.2, -0.15) is 0 Å². The predicted octanol–water partition coefficient (Wildman–Crippen LogP) is -0.293. The Labute approximate surface area is 65.0 Å². The number of carbonyl (C=O) groups is 1. The number of hydrogen-bond acceptors (Lipinski definition) is 3. The normalized spacial score (nSPS) is 49.8. The Kier molecular flexibility index (Phi) is 1.51. The van der Waals surface area contributed by atoms with Crippen molar-refractivity contribution in [1.29, 1.82) is 0 Å². The molecule has 3 nitrogen and oxygen atoms in total. The summed E-state index contributed by atoms with van der Waals surface area (Å²) in [5.41, 5.74) is 0. The molecule has 62 valence electrons. The SMILES string of the molecule is O=C1CC(O)C2CCC1C2O. The molecule has 0 heterocycles. The Hall–Kier alpha value is -0.410. The van der Waals surface area contributed by atoms with E-state index >= 15 is 0 Å². The van der Waals surface area contributed by atoms with Crippen molar-refractivity contribution in [3.05, 3.63) is 0 Å². The third-order valence-corrected chi connectivity index (χ3v) is 2.98. The number of fused-ring (bicyclic) bond motifs is 2. The summed E-state index contributed by atoms with van der Waals surface area (Å²) in [5.74, 6) is -0.153. The van der Waals surface area contributed by atoms with E-state index in [1.165, 1.54) is 0 Å². The van der Waals surface area contributed by atoms with Gasteiger partial charge < -0.3 is 10.2 Å². The first-order valence-electron chi connectivity index (χ1n) is 4.09. The van der Waals surface area contributed by atoms with E-state index in [0.717, 1.165) is 12.8 Å². The second kappa shape index (κ2) is 2.29. The number of hydrogen-bond donors (Lipinski definition) is 2. The van der Waals surface area contributed by atoms with Crippen molar-refractivity contribution < 1.29 is 15.0 Å². The number of ketones is 1. The first-order chi connectivity index (χ1) is 5.20. The lowest BCUT2D eigenvalue weighted by Gasteiger charge is -2.28. The summed E-state index contributed by atoms with van der Waals surface area (Å²) in [5, 5.41) is 18.8.